The van der Waals surface area contributed by atoms with E-state index in [0.717, 1.165) is 0 Å². The van der Waals surface area contributed by atoms with Crippen LogP contribution in [-0.4, -0.2) is 29.4 Å². The molecule has 0 aliphatic heterocycles. The average molecular weight is 340 g/mol. The molecule has 0 amide bonds. The van der Waals surface area contributed by atoms with Crippen LogP contribution in [0.3, 0.4) is 0 Å². The van der Waals surface area contributed by atoms with Crippen molar-refractivity contribution < 1.29 is 24.2 Å². The Labute approximate surface area is 146 Å². The predicted molar refractivity (Wildman–Crippen MR) is 90.9 cm³/mol. The monoisotopic (exact) mass is 340 g/mol. The summed E-state index contributed by atoms with van der Waals surface area (Å²) in [6, 6.07) is 17.1. The molecule has 25 heavy (non-hydrogen) atoms. The minimum atomic E-state index is -1.02. The largest absolute Gasteiger partial charge is 0.421 e. The predicted octanol–water partition coefficient (Wildman–Crippen LogP) is 3.19. The summed E-state index contributed by atoms with van der Waals surface area (Å²) < 4.78 is 10.9. The second-order valence-corrected chi connectivity index (χ2v) is 6.14. The van der Waals surface area contributed by atoms with Crippen LogP contribution in [0.4, 0.5) is 0 Å². The zero-order chi connectivity index (χ0) is 17.6. The van der Waals surface area contributed by atoms with E-state index in [1.54, 1.807) is 60.7 Å². The third-order valence-corrected chi connectivity index (χ3v) is 4.30. The van der Waals surface area contributed by atoms with Crippen molar-refractivity contribution in [1.82, 2.24) is 0 Å². The van der Waals surface area contributed by atoms with E-state index in [9.17, 15) is 14.7 Å². The van der Waals surface area contributed by atoms with Crippen molar-refractivity contribution in [1.29, 1.82) is 0 Å². The van der Waals surface area contributed by atoms with Gasteiger partial charge < -0.3 is 14.6 Å². The average Bonchev–Trinajstić information content (AvgIpc) is 3.09. The summed E-state index contributed by atoms with van der Waals surface area (Å²) in [7, 11) is 0. The molecule has 3 rings (SSSR count). The maximum absolute atomic E-state index is 12.3. The Morgan fingerprint density at radius 3 is 1.72 bits per heavy atom. The van der Waals surface area contributed by atoms with Crippen molar-refractivity contribution in [2.45, 2.75) is 31.7 Å². The van der Waals surface area contributed by atoms with Gasteiger partial charge in [-0.2, -0.15) is 0 Å². The minimum absolute atomic E-state index is 0.213. The van der Waals surface area contributed by atoms with Crippen molar-refractivity contribution in [2.24, 2.45) is 5.92 Å². The highest BCUT2D eigenvalue weighted by Gasteiger charge is 2.35. The normalized spacial score (nSPS) is 19.6. The fourth-order valence-corrected chi connectivity index (χ4v) is 2.95. The van der Waals surface area contributed by atoms with Gasteiger partial charge in [0, 0.05) is 5.92 Å². The van der Waals surface area contributed by atoms with Gasteiger partial charge >= 0.3 is 11.9 Å². The van der Waals surface area contributed by atoms with E-state index in [0.29, 0.717) is 30.4 Å². The molecule has 1 aliphatic carbocycles. The standard InChI is InChI=1S/C20H20O5/c21-17-12-11-16(13-17)20(24-18(22)14-7-3-1-4-8-14)25-19(23)15-9-5-2-6-10-15/h1-10,16-17,20-21H,11-13H2. The number of hydrogen-bond donors (Lipinski definition) is 1. The van der Waals surface area contributed by atoms with Crippen LogP contribution in [0.15, 0.2) is 60.7 Å². The summed E-state index contributed by atoms with van der Waals surface area (Å²) >= 11 is 0. The molecule has 130 valence electrons. The van der Waals surface area contributed by atoms with Crippen LogP contribution < -0.4 is 0 Å². The Bertz CT molecular complexity index is 660. The molecule has 5 nitrogen and oxygen atoms in total. The number of carbonyl (C=O) groups is 2. The molecule has 0 aromatic heterocycles. The van der Waals surface area contributed by atoms with Gasteiger partial charge in [0.15, 0.2) is 0 Å². The van der Waals surface area contributed by atoms with Crippen molar-refractivity contribution in [2.75, 3.05) is 0 Å². The summed E-state index contributed by atoms with van der Waals surface area (Å²) in [6.07, 6.45) is 0.202. The minimum Gasteiger partial charge on any atom is -0.421 e. The second-order valence-electron chi connectivity index (χ2n) is 6.14. The Kier molecular flexibility index (Phi) is 5.46. The van der Waals surface area contributed by atoms with Crippen LogP contribution >= 0.6 is 0 Å². The summed E-state index contributed by atoms with van der Waals surface area (Å²) in [4.78, 5) is 24.7. The Balaban J connectivity index is 1.73. The van der Waals surface area contributed by atoms with Crippen LogP contribution in [0.25, 0.3) is 0 Å². The van der Waals surface area contributed by atoms with Gasteiger partial charge in [0.1, 0.15) is 0 Å². The number of aliphatic hydroxyl groups is 1. The summed E-state index contributed by atoms with van der Waals surface area (Å²) in [5.41, 5.74) is 0.781. The number of carbonyl (C=O) groups excluding carboxylic acids is 2. The van der Waals surface area contributed by atoms with E-state index in [4.69, 9.17) is 9.47 Å². The van der Waals surface area contributed by atoms with Gasteiger partial charge in [-0.1, -0.05) is 36.4 Å². The molecular weight excluding hydrogens is 320 g/mol. The fourth-order valence-electron chi connectivity index (χ4n) is 2.95. The highest BCUT2D eigenvalue weighted by molar-refractivity contribution is 5.91. The highest BCUT2D eigenvalue weighted by atomic mass is 16.7. The number of hydrogen-bond acceptors (Lipinski definition) is 5. The van der Waals surface area contributed by atoms with Crippen LogP contribution in [-0.2, 0) is 9.47 Å². The SMILES string of the molecule is O=C(OC(OC(=O)c1ccccc1)C1CCC(O)C1)c1ccccc1. The fraction of sp³-hybridized carbons (Fsp3) is 0.300. The molecule has 2 atom stereocenters. The van der Waals surface area contributed by atoms with Crippen LogP contribution in [0.1, 0.15) is 40.0 Å². The molecular formula is C20H20O5. The van der Waals surface area contributed by atoms with Gasteiger partial charge in [-0.25, -0.2) is 9.59 Å². The lowest BCUT2D eigenvalue weighted by atomic mass is 10.1. The van der Waals surface area contributed by atoms with Crippen LogP contribution in [0, 0.1) is 5.92 Å². The Morgan fingerprint density at radius 1 is 0.840 bits per heavy atom. The van der Waals surface area contributed by atoms with Crippen molar-refractivity contribution in [3.8, 4) is 0 Å². The molecule has 0 spiro atoms. The third-order valence-electron chi connectivity index (χ3n) is 4.30. The molecule has 0 radical (unpaired) electrons. The van der Waals surface area contributed by atoms with Gasteiger partial charge in [-0.15, -0.1) is 0 Å². The van der Waals surface area contributed by atoms with Gasteiger partial charge in [0.2, 0.25) is 0 Å². The van der Waals surface area contributed by atoms with E-state index in [1.807, 2.05) is 0 Å². The maximum atomic E-state index is 12.3. The molecule has 1 fully saturated rings. The van der Waals surface area contributed by atoms with E-state index >= 15 is 0 Å². The van der Waals surface area contributed by atoms with Crippen molar-refractivity contribution in [3.05, 3.63) is 71.8 Å². The smallest absolute Gasteiger partial charge is 0.341 e. The van der Waals surface area contributed by atoms with Gasteiger partial charge in [-0.05, 0) is 43.5 Å². The highest BCUT2D eigenvalue weighted by Crippen LogP contribution is 2.31. The first-order valence-corrected chi connectivity index (χ1v) is 8.33. The third kappa shape index (κ3) is 4.45. The molecule has 1 aliphatic rings. The molecule has 0 bridgehead atoms. The van der Waals surface area contributed by atoms with Crippen LogP contribution in [0.5, 0.6) is 0 Å². The number of aliphatic hydroxyl groups excluding tert-OH is 1. The lowest BCUT2D eigenvalue weighted by molar-refractivity contribution is -0.109. The van der Waals surface area contributed by atoms with Gasteiger partial charge in [0.05, 0.1) is 17.2 Å². The number of esters is 2. The van der Waals surface area contributed by atoms with Crippen LogP contribution in [0.2, 0.25) is 0 Å². The lowest BCUT2D eigenvalue weighted by Gasteiger charge is -2.23. The Hall–Kier alpha value is -2.66. The zero-order valence-corrected chi connectivity index (χ0v) is 13.7. The van der Waals surface area contributed by atoms with Gasteiger partial charge in [0.25, 0.3) is 6.29 Å². The molecule has 2 aromatic carbocycles. The maximum Gasteiger partial charge on any atom is 0.341 e. The van der Waals surface area contributed by atoms with Gasteiger partial charge in [-0.3, -0.25) is 0 Å². The topological polar surface area (TPSA) is 72.8 Å². The zero-order valence-electron chi connectivity index (χ0n) is 13.7. The molecule has 2 aromatic rings. The molecule has 2 unspecified atom stereocenters. The molecule has 0 heterocycles. The first kappa shape index (κ1) is 17.2. The Morgan fingerprint density at radius 2 is 1.32 bits per heavy atom. The lowest BCUT2D eigenvalue weighted by Crippen LogP contribution is -2.31. The van der Waals surface area contributed by atoms with Crippen molar-refractivity contribution in [3.63, 3.8) is 0 Å². The second kappa shape index (κ2) is 7.94. The molecule has 5 heteroatoms. The number of ether oxygens (including phenoxy) is 2. The summed E-state index contributed by atoms with van der Waals surface area (Å²) in [5.74, 6) is -1.31. The molecule has 1 saturated carbocycles. The molecule has 1 N–H and O–H groups in total. The first-order chi connectivity index (χ1) is 12.1. The number of benzene rings is 2. The summed E-state index contributed by atoms with van der Waals surface area (Å²) in [6.45, 7) is 0. The van der Waals surface area contributed by atoms with Crippen molar-refractivity contribution >= 4 is 11.9 Å². The van der Waals surface area contributed by atoms with E-state index in [-0.39, 0.29) is 5.92 Å². The summed E-state index contributed by atoms with van der Waals surface area (Å²) in [5, 5.41) is 9.77. The first-order valence-electron chi connectivity index (χ1n) is 8.33. The van der Waals surface area contributed by atoms with E-state index in [2.05, 4.69) is 0 Å². The quantitative estimate of drug-likeness (QED) is 0.668. The van der Waals surface area contributed by atoms with E-state index in [1.165, 1.54) is 0 Å². The number of rotatable bonds is 5. The molecule has 0 saturated heterocycles. The van der Waals surface area contributed by atoms with E-state index < -0.39 is 24.3 Å².